The second kappa shape index (κ2) is 9.78. The van der Waals surface area contributed by atoms with Gasteiger partial charge in [0.15, 0.2) is 0 Å². The number of carbonyl (C=O) groups is 2. The van der Waals surface area contributed by atoms with Gasteiger partial charge in [-0.15, -0.1) is 0 Å². The molecule has 2 atom stereocenters. The highest BCUT2D eigenvalue weighted by atomic mass is 19.1. The molecule has 3 rings (SSSR count). The molecule has 156 valence electrons. The van der Waals surface area contributed by atoms with Crippen LogP contribution in [0.2, 0.25) is 0 Å². The van der Waals surface area contributed by atoms with Crippen molar-refractivity contribution in [3.05, 3.63) is 59.4 Å². The number of hydrogen-bond donors (Lipinski definition) is 0. The maximum absolute atomic E-state index is 14.7. The van der Waals surface area contributed by atoms with E-state index in [0.29, 0.717) is 23.4 Å². The minimum absolute atomic E-state index is 0.0508. The fourth-order valence-corrected chi connectivity index (χ4v) is 3.51. The summed E-state index contributed by atoms with van der Waals surface area (Å²) in [4.78, 5) is 26.2. The third-order valence-corrected chi connectivity index (χ3v) is 5.22. The summed E-state index contributed by atoms with van der Waals surface area (Å²) in [5, 5.41) is 0. The maximum Gasteiger partial charge on any atom is 0.417 e. The van der Waals surface area contributed by atoms with Crippen LogP contribution in [0.3, 0.4) is 0 Å². The molecule has 1 aliphatic heterocycles. The van der Waals surface area contributed by atoms with Gasteiger partial charge in [-0.05, 0) is 23.5 Å². The second-order valence-electron chi connectivity index (χ2n) is 7.49. The molecule has 0 N–H and O–H groups in total. The monoisotopic (exact) mass is 409 g/mol. The number of amides is 2. The van der Waals surface area contributed by atoms with E-state index >= 15 is 0 Å². The van der Waals surface area contributed by atoms with Crippen molar-refractivity contribution in [2.24, 2.45) is 0 Å². The first kappa shape index (κ1) is 21.9. The summed E-state index contributed by atoms with van der Waals surface area (Å²) < 4.78 is 25.3. The van der Waals surface area contributed by atoms with Gasteiger partial charge in [-0.3, -0.25) is 4.79 Å². The number of ether oxygens (including phenoxy) is 2. The molecule has 1 aliphatic rings. The molecule has 0 saturated carbocycles. The number of nitrogens with zero attached hydrogens (tertiary/aromatic N) is 1. The van der Waals surface area contributed by atoms with E-state index in [1.165, 1.54) is 12.1 Å². The van der Waals surface area contributed by atoms with Crippen LogP contribution < -0.4 is 10.2 Å². The lowest BCUT2D eigenvalue weighted by Gasteiger charge is -2.22. The van der Waals surface area contributed by atoms with Gasteiger partial charge in [-0.2, -0.15) is 0 Å². The highest BCUT2D eigenvalue weighted by Crippen LogP contribution is 2.31. The van der Waals surface area contributed by atoms with Crippen LogP contribution in [-0.2, 0) is 9.53 Å². The Morgan fingerprint density at radius 1 is 1.33 bits per heavy atom. The molecule has 0 aliphatic carbocycles. The van der Waals surface area contributed by atoms with Gasteiger partial charge in [0.1, 0.15) is 32.1 Å². The molecule has 2 radical (unpaired) electrons. The molecular weight excluding hydrogens is 384 g/mol. The number of imide groups is 1. The first-order chi connectivity index (χ1) is 14.4. The third-order valence-electron chi connectivity index (χ3n) is 5.22. The van der Waals surface area contributed by atoms with Crippen molar-refractivity contribution in [1.29, 1.82) is 0 Å². The van der Waals surface area contributed by atoms with E-state index in [1.54, 1.807) is 6.92 Å². The van der Waals surface area contributed by atoms with Crippen molar-refractivity contribution >= 4 is 25.3 Å². The van der Waals surface area contributed by atoms with Crippen LogP contribution in [0.1, 0.15) is 56.2 Å². The average molecular weight is 409 g/mol. The Morgan fingerprint density at radius 2 is 2.07 bits per heavy atom. The average Bonchev–Trinajstić information content (AvgIpc) is 3.12. The van der Waals surface area contributed by atoms with Crippen molar-refractivity contribution in [1.82, 2.24) is 4.90 Å². The lowest BCUT2D eigenvalue weighted by Crippen LogP contribution is -2.35. The molecule has 0 bridgehead atoms. The van der Waals surface area contributed by atoms with Gasteiger partial charge in [-0.1, -0.05) is 62.1 Å². The molecule has 30 heavy (non-hydrogen) atoms. The van der Waals surface area contributed by atoms with Crippen LogP contribution in [0.15, 0.2) is 42.5 Å². The minimum Gasteiger partial charge on any atom is -0.494 e. The normalized spacial score (nSPS) is 17.0. The molecule has 0 aromatic heterocycles. The summed E-state index contributed by atoms with van der Waals surface area (Å²) in [6.07, 6.45) is 1.08. The number of hydrogen-bond acceptors (Lipinski definition) is 4. The Morgan fingerprint density at radius 3 is 2.77 bits per heavy atom. The van der Waals surface area contributed by atoms with E-state index in [2.05, 4.69) is 0 Å². The zero-order chi connectivity index (χ0) is 21.7. The lowest BCUT2D eigenvalue weighted by molar-refractivity contribution is -0.129. The van der Waals surface area contributed by atoms with E-state index in [1.807, 2.05) is 37.3 Å². The molecule has 2 amide bonds. The molecule has 7 heteroatoms. The van der Waals surface area contributed by atoms with Crippen LogP contribution in [0.25, 0.3) is 0 Å². The Hall–Kier alpha value is -2.83. The van der Waals surface area contributed by atoms with Crippen molar-refractivity contribution < 1.29 is 23.5 Å². The fourth-order valence-electron chi connectivity index (χ4n) is 3.51. The summed E-state index contributed by atoms with van der Waals surface area (Å²) in [5.74, 6) is -1.08. The second-order valence-corrected chi connectivity index (χ2v) is 7.49. The maximum atomic E-state index is 14.7. The summed E-state index contributed by atoms with van der Waals surface area (Å²) in [7, 11) is 6.02. The summed E-state index contributed by atoms with van der Waals surface area (Å²) in [5.41, 5.74) is 1.45. The largest absolute Gasteiger partial charge is 0.494 e. The molecule has 1 unspecified atom stereocenters. The van der Waals surface area contributed by atoms with Crippen LogP contribution in [0, 0.1) is 5.82 Å². The Balaban J connectivity index is 1.73. The van der Waals surface area contributed by atoms with Crippen molar-refractivity contribution in [3.8, 4) is 5.75 Å². The topological polar surface area (TPSA) is 55.8 Å². The number of halogens is 1. The van der Waals surface area contributed by atoms with Gasteiger partial charge in [0, 0.05) is 12.5 Å². The molecule has 1 heterocycles. The van der Waals surface area contributed by atoms with Crippen molar-refractivity contribution in [2.45, 2.75) is 45.1 Å². The molecule has 5 nitrogen and oxygen atoms in total. The first-order valence-electron chi connectivity index (χ1n) is 10.2. The molecule has 1 saturated heterocycles. The van der Waals surface area contributed by atoms with Gasteiger partial charge in [0.05, 0.1) is 6.61 Å². The number of unbranched alkanes of at least 4 members (excludes halogenated alkanes) is 1. The summed E-state index contributed by atoms with van der Waals surface area (Å²) >= 11 is 0. The van der Waals surface area contributed by atoms with E-state index in [-0.39, 0.29) is 13.0 Å². The number of cyclic esters (lactones) is 1. The Labute approximate surface area is 177 Å². The van der Waals surface area contributed by atoms with Gasteiger partial charge in [-0.25, -0.2) is 14.1 Å². The quantitative estimate of drug-likeness (QED) is 0.488. The highest BCUT2D eigenvalue weighted by Gasteiger charge is 2.39. The van der Waals surface area contributed by atoms with E-state index in [0.717, 1.165) is 23.3 Å². The minimum atomic E-state index is -0.680. The van der Waals surface area contributed by atoms with Gasteiger partial charge < -0.3 is 9.47 Å². The van der Waals surface area contributed by atoms with E-state index < -0.39 is 29.8 Å². The molecule has 0 spiro atoms. The predicted octanol–water partition coefficient (Wildman–Crippen LogP) is 4.01. The third kappa shape index (κ3) is 4.83. The SMILES string of the molecule is [B]c1cc(C(C)CC(=O)N2C(=O)OC[C@H]2c2ccccc2)c(F)cc1OCCCC. The van der Waals surface area contributed by atoms with Gasteiger partial charge in [0.2, 0.25) is 5.91 Å². The Bertz CT molecular complexity index is 906. The number of rotatable bonds is 8. The van der Waals surface area contributed by atoms with Gasteiger partial charge in [0.25, 0.3) is 0 Å². The highest BCUT2D eigenvalue weighted by molar-refractivity contribution is 6.34. The first-order valence-corrected chi connectivity index (χ1v) is 10.2. The summed E-state index contributed by atoms with van der Waals surface area (Å²) in [6.45, 7) is 4.33. The molecular formula is C23H25BFNO4. The van der Waals surface area contributed by atoms with Crippen molar-refractivity contribution in [3.63, 3.8) is 0 Å². The number of carbonyl (C=O) groups excluding carboxylic acids is 2. The molecule has 2 aromatic carbocycles. The Kier molecular flexibility index (Phi) is 7.13. The molecule has 2 aromatic rings. The van der Waals surface area contributed by atoms with Crippen LogP contribution >= 0.6 is 0 Å². The lowest BCUT2D eigenvalue weighted by atomic mass is 9.87. The fraction of sp³-hybridized carbons (Fsp3) is 0.391. The molecule has 1 fully saturated rings. The van der Waals surface area contributed by atoms with Crippen LogP contribution in [-0.4, -0.2) is 38.0 Å². The predicted molar refractivity (Wildman–Crippen MR) is 113 cm³/mol. The van der Waals surface area contributed by atoms with Crippen LogP contribution in [0.4, 0.5) is 9.18 Å². The van der Waals surface area contributed by atoms with E-state index in [4.69, 9.17) is 17.3 Å². The number of benzene rings is 2. The standard InChI is InChI=1S/C23H25BFNO4/c1-3-4-10-29-21-13-19(25)17(12-18(21)24)15(2)11-22(27)26-20(14-30-23(26)28)16-8-6-5-7-9-16/h5-9,12-13,15,20H,3-4,10-11,14H2,1-2H3/t15?,20-/m0/s1. The van der Waals surface area contributed by atoms with Crippen molar-refractivity contribution in [2.75, 3.05) is 13.2 Å². The smallest absolute Gasteiger partial charge is 0.417 e. The zero-order valence-electron chi connectivity index (χ0n) is 17.3. The summed E-state index contributed by atoms with van der Waals surface area (Å²) in [6, 6.07) is 11.5. The van der Waals surface area contributed by atoms with E-state index in [9.17, 15) is 14.0 Å². The zero-order valence-corrected chi connectivity index (χ0v) is 17.3. The van der Waals surface area contributed by atoms with Crippen LogP contribution in [0.5, 0.6) is 5.75 Å². The van der Waals surface area contributed by atoms with Gasteiger partial charge >= 0.3 is 6.09 Å².